The minimum atomic E-state index is 0.203. The second-order valence-electron chi connectivity index (χ2n) is 3.20. The monoisotopic (exact) mass is 169 g/mol. The van der Waals surface area contributed by atoms with Gasteiger partial charge in [-0.15, -0.1) is 0 Å². The van der Waals surface area contributed by atoms with Crippen LogP contribution < -0.4 is 4.87 Å². The Bertz CT molecular complexity index is 308. The van der Waals surface area contributed by atoms with Gasteiger partial charge in [-0.1, -0.05) is 11.3 Å². The molecule has 1 heterocycles. The van der Waals surface area contributed by atoms with E-state index in [-0.39, 0.29) is 4.87 Å². The lowest BCUT2D eigenvalue weighted by atomic mass is 10.4. The van der Waals surface area contributed by atoms with Crippen molar-refractivity contribution in [2.45, 2.75) is 26.3 Å². The van der Waals surface area contributed by atoms with E-state index in [4.69, 9.17) is 0 Å². The first-order chi connectivity index (χ1) is 5.27. The standard InChI is InChI=1S/C8H11NOS/c1-6-5-11-8(10)9(6)4-7-2-3-7/h5,7H,2-4H2,1H3. The zero-order valence-electron chi connectivity index (χ0n) is 6.54. The van der Waals surface area contributed by atoms with E-state index in [1.54, 1.807) is 0 Å². The third-order valence-electron chi connectivity index (χ3n) is 2.11. The van der Waals surface area contributed by atoms with Gasteiger partial charge in [-0.2, -0.15) is 0 Å². The molecular weight excluding hydrogens is 158 g/mol. The Labute approximate surface area is 69.5 Å². The van der Waals surface area contributed by atoms with Crippen LogP contribution in [0.3, 0.4) is 0 Å². The van der Waals surface area contributed by atoms with Crippen molar-refractivity contribution in [2.24, 2.45) is 5.92 Å². The highest BCUT2D eigenvalue weighted by Crippen LogP contribution is 2.30. The van der Waals surface area contributed by atoms with E-state index in [0.29, 0.717) is 0 Å². The molecule has 1 aliphatic rings. The quantitative estimate of drug-likeness (QED) is 0.659. The molecule has 0 amide bonds. The van der Waals surface area contributed by atoms with Gasteiger partial charge in [0, 0.05) is 17.6 Å². The first kappa shape index (κ1) is 7.10. The average Bonchev–Trinajstić information content (AvgIpc) is 2.73. The summed E-state index contributed by atoms with van der Waals surface area (Å²) in [5.41, 5.74) is 1.12. The highest BCUT2D eigenvalue weighted by Gasteiger charge is 2.22. The van der Waals surface area contributed by atoms with Crippen molar-refractivity contribution in [1.82, 2.24) is 4.57 Å². The van der Waals surface area contributed by atoms with E-state index >= 15 is 0 Å². The molecule has 0 saturated heterocycles. The average molecular weight is 169 g/mol. The van der Waals surface area contributed by atoms with E-state index in [1.807, 2.05) is 16.9 Å². The van der Waals surface area contributed by atoms with Gasteiger partial charge in [-0.05, 0) is 25.7 Å². The SMILES string of the molecule is Cc1csc(=O)n1CC1CC1. The molecule has 1 aromatic heterocycles. The lowest BCUT2D eigenvalue weighted by Gasteiger charge is -2.00. The summed E-state index contributed by atoms with van der Waals surface area (Å²) in [6.07, 6.45) is 2.61. The molecule has 1 aliphatic carbocycles. The van der Waals surface area contributed by atoms with Crippen molar-refractivity contribution in [3.05, 3.63) is 20.7 Å². The molecule has 0 N–H and O–H groups in total. The van der Waals surface area contributed by atoms with Gasteiger partial charge in [0.25, 0.3) is 0 Å². The molecule has 1 saturated carbocycles. The highest BCUT2D eigenvalue weighted by atomic mass is 32.1. The number of aryl methyl sites for hydroxylation is 1. The first-order valence-electron chi connectivity index (χ1n) is 3.92. The molecule has 0 aromatic carbocycles. The maximum atomic E-state index is 11.2. The van der Waals surface area contributed by atoms with E-state index in [2.05, 4.69) is 0 Å². The number of hydrogen-bond acceptors (Lipinski definition) is 2. The summed E-state index contributed by atoms with van der Waals surface area (Å²) in [4.78, 5) is 11.4. The molecule has 0 spiro atoms. The van der Waals surface area contributed by atoms with Crippen LogP contribution >= 0.6 is 11.3 Å². The number of thiazole rings is 1. The molecule has 0 unspecified atom stereocenters. The number of nitrogens with zero attached hydrogens (tertiary/aromatic N) is 1. The van der Waals surface area contributed by atoms with Crippen LogP contribution in [0.5, 0.6) is 0 Å². The van der Waals surface area contributed by atoms with Gasteiger partial charge >= 0.3 is 4.87 Å². The summed E-state index contributed by atoms with van der Waals surface area (Å²) >= 11 is 1.31. The van der Waals surface area contributed by atoms with Gasteiger partial charge in [-0.25, -0.2) is 0 Å². The lowest BCUT2D eigenvalue weighted by molar-refractivity contribution is 0.604. The molecule has 0 atom stereocenters. The Morgan fingerprint density at radius 1 is 1.73 bits per heavy atom. The zero-order chi connectivity index (χ0) is 7.84. The van der Waals surface area contributed by atoms with Crippen LogP contribution in [0.4, 0.5) is 0 Å². The van der Waals surface area contributed by atoms with Gasteiger partial charge in [0.05, 0.1) is 0 Å². The lowest BCUT2D eigenvalue weighted by Crippen LogP contribution is -2.15. The Balaban J connectivity index is 2.26. The van der Waals surface area contributed by atoms with Gasteiger partial charge in [-0.3, -0.25) is 4.79 Å². The molecule has 1 fully saturated rings. The predicted octanol–water partition coefficient (Wildman–Crippen LogP) is 1.63. The van der Waals surface area contributed by atoms with E-state index < -0.39 is 0 Å². The molecule has 60 valence electrons. The zero-order valence-corrected chi connectivity index (χ0v) is 7.36. The van der Waals surface area contributed by atoms with Gasteiger partial charge in [0.2, 0.25) is 0 Å². The van der Waals surface area contributed by atoms with Gasteiger partial charge < -0.3 is 4.57 Å². The Hall–Kier alpha value is -0.570. The summed E-state index contributed by atoms with van der Waals surface area (Å²) in [6.45, 7) is 2.95. The third kappa shape index (κ3) is 1.38. The van der Waals surface area contributed by atoms with Crippen molar-refractivity contribution in [3.8, 4) is 0 Å². The smallest absolute Gasteiger partial charge is 0.303 e. The van der Waals surface area contributed by atoms with Crippen molar-refractivity contribution >= 4 is 11.3 Å². The summed E-state index contributed by atoms with van der Waals surface area (Å²) in [6, 6.07) is 0. The Kier molecular flexibility index (Phi) is 1.60. The van der Waals surface area contributed by atoms with E-state index in [1.165, 1.54) is 24.2 Å². The summed E-state index contributed by atoms with van der Waals surface area (Å²) in [7, 11) is 0. The molecule has 11 heavy (non-hydrogen) atoms. The summed E-state index contributed by atoms with van der Waals surface area (Å²) in [5.74, 6) is 0.793. The van der Waals surface area contributed by atoms with Crippen molar-refractivity contribution in [2.75, 3.05) is 0 Å². The van der Waals surface area contributed by atoms with Crippen LogP contribution in [0.25, 0.3) is 0 Å². The fraction of sp³-hybridized carbons (Fsp3) is 0.625. The van der Waals surface area contributed by atoms with E-state index in [9.17, 15) is 4.79 Å². The first-order valence-corrected chi connectivity index (χ1v) is 4.80. The van der Waals surface area contributed by atoms with E-state index in [0.717, 1.165) is 18.2 Å². The van der Waals surface area contributed by atoms with Crippen LogP contribution in [-0.4, -0.2) is 4.57 Å². The number of aromatic nitrogens is 1. The largest absolute Gasteiger partial charge is 0.307 e. The molecule has 3 heteroatoms. The van der Waals surface area contributed by atoms with Crippen LogP contribution in [0.1, 0.15) is 18.5 Å². The fourth-order valence-corrected chi connectivity index (χ4v) is 1.93. The number of hydrogen-bond donors (Lipinski definition) is 0. The number of rotatable bonds is 2. The minimum Gasteiger partial charge on any atom is -0.303 e. The molecular formula is C8H11NOS. The fourth-order valence-electron chi connectivity index (χ4n) is 1.18. The summed E-state index contributed by atoms with van der Waals surface area (Å²) < 4.78 is 1.89. The highest BCUT2D eigenvalue weighted by molar-refractivity contribution is 7.07. The Morgan fingerprint density at radius 2 is 2.45 bits per heavy atom. The molecule has 2 nitrogen and oxygen atoms in total. The minimum absolute atomic E-state index is 0.203. The van der Waals surface area contributed by atoms with Crippen LogP contribution in [0.2, 0.25) is 0 Å². The van der Waals surface area contributed by atoms with Crippen molar-refractivity contribution < 1.29 is 0 Å². The van der Waals surface area contributed by atoms with Crippen LogP contribution in [0, 0.1) is 12.8 Å². The van der Waals surface area contributed by atoms with Gasteiger partial charge in [0.1, 0.15) is 0 Å². The normalized spacial score (nSPS) is 17.2. The van der Waals surface area contributed by atoms with Gasteiger partial charge in [0.15, 0.2) is 0 Å². The maximum Gasteiger partial charge on any atom is 0.307 e. The summed E-state index contributed by atoms with van der Waals surface area (Å²) in [5, 5.41) is 1.94. The maximum absolute atomic E-state index is 11.2. The molecule has 0 aliphatic heterocycles. The van der Waals surface area contributed by atoms with Crippen molar-refractivity contribution in [3.63, 3.8) is 0 Å². The molecule has 0 bridgehead atoms. The van der Waals surface area contributed by atoms with Crippen LogP contribution in [0.15, 0.2) is 10.2 Å². The molecule has 0 radical (unpaired) electrons. The third-order valence-corrected chi connectivity index (χ3v) is 3.00. The molecule has 2 rings (SSSR count). The predicted molar refractivity (Wildman–Crippen MR) is 46.0 cm³/mol. The Morgan fingerprint density at radius 3 is 2.91 bits per heavy atom. The van der Waals surface area contributed by atoms with Crippen molar-refractivity contribution in [1.29, 1.82) is 0 Å². The second-order valence-corrected chi connectivity index (χ2v) is 4.02. The second kappa shape index (κ2) is 2.48. The van der Waals surface area contributed by atoms with Crippen LogP contribution in [-0.2, 0) is 6.54 Å². The molecule has 1 aromatic rings. The topological polar surface area (TPSA) is 22.0 Å².